The lowest BCUT2D eigenvalue weighted by Gasteiger charge is -2.12. The second kappa shape index (κ2) is 7.24. The van der Waals surface area contributed by atoms with E-state index in [0.717, 1.165) is 47.0 Å². The molecular weight excluding hydrogens is 264 g/mol. The number of pyridine rings is 1. The Morgan fingerprint density at radius 3 is 2.48 bits per heavy atom. The van der Waals surface area contributed by atoms with Gasteiger partial charge in [0, 0.05) is 55.1 Å². The van der Waals surface area contributed by atoms with E-state index in [4.69, 9.17) is 4.74 Å². The first-order chi connectivity index (χ1) is 10.1. The Kier molecular flexibility index (Phi) is 5.36. The summed E-state index contributed by atoms with van der Waals surface area (Å²) in [7, 11) is 1.70. The predicted molar refractivity (Wildman–Crippen MR) is 83.1 cm³/mol. The normalized spacial score (nSPS) is 10.9. The fraction of sp³-hybridized carbons (Fsp3) is 0.438. The number of nitrogens with one attached hydrogen (secondary N) is 1. The average molecular weight is 286 g/mol. The second-order valence-electron chi connectivity index (χ2n) is 5.06. The summed E-state index contributed by atoms with van der Waals surface area (Å²) in [4.78, 5) is 13.5. The summed E-state index contributed by atoms with van der Waals surface area (Å²) in [6, 6.07) is 1.98. The van der Waals surface area contributed by atoms with E-state index in [9.17, 15) is 0 Å². The van der Waals surface area contributed by atoms with Crippen molar-refractivity contribution in [2.75, 3.05) is 20.3 Å². The van der Waals surface area contributed by atoms with Gasteiger partial charge in [0.25, 0.3) is 0 Å². The van der Waals surface area contributed by atoms with E-state index in [1.54, 1.807) is 13.3 Å². The fourth-order valence-electron chi connectivity index (χ4n) is 2.20. The SMILES string of the molecule is COCCNCc1c(C)nc(-c2cnccc2C)nc1C. The fourth-order valence-corrected chi connectivity index (χ4v) is 2.20. The van der Waals surface area contributed by atoms with Crippen LogP contribution in [0.15, 0.2) is 18.5 Å². The van der Waals surface area contributed by atoms with Crippen molar-refractivity contribution in [2.24, 2.45) is 0 Å². The summed E-state index contributed by atoms with van der Waals surface area (Å²) in [5.74, 6) is 0.747. The average Bonchev–Trinajstić information content (AvgIpc) is 2.46. The van der Waals surface area contributed by atoms with Crippen LogP contribution in [0, 0.1) is 20.8 Å². The van der Waals surface area contributed by atoms with Crippen molar-refractivity contribution in [2.45, 2.75) is 27.3 Å². The van der Waals surface area contributed by atoms with Crippen LogP contribution in [0.5, 0.6) is 0 Å². The van der Waals surface area contributed by atoms with Crippen LogP contribution in [0.4, 0.5) is 0 Å². The first kappa shape index (κ1) is 15.5. The number of ether oxygens (including phenoxy) is 1. The molecule has 0 fully saturated rings. The number of hydrogen-bond acceptors (Lipinski definition) is 5. The third-order valence-electron chi connectivity index (χ3n) is 3.49. The number of rotatable bonds is 6. The summed E-state index contributed by atoms with van der Waals surface area (Å²) >= 11 is 0. The molecular formula is C16H22N4O. The molecule has 0 bridgehead atoms. The molecule has 0 aromatic carbocycles. The lowest BCUT2D eigenvalue weighted by Crippen LogP contribution is -2.20. The summed E-state index contributed by atoms with van der Waals surface area (Å²) in [5, 5.41) is 3.34. The second-order valence-corrected chi connectivity index (χ2v) is 5.06. The van der Waals surface area contributed by atoms with Gasteiger partial charge in [-0.15, -0.1) is 0 Å². The lowest BCUT2D eigenvalue weighted by atomic mass is 10.1. The van der Waals surface area contributed by atoms with Crippen LogP contribution in [0.2, 0.25) is 0 Å². The molecule has 2 rings (SSSR count). The summed E-state index contributed by atoms with van der Waals surface area (Å²) < 4.78 is 5.03. The van der Waals surface area contributed by atoms with Gasteiger partial charge in [-0.3, -0.25) is 4.98 Å². The van der Waals surface area contributed by atoms with Crippen LogP contribution in [-0.4, -0.2) is 35.2 Å². The van der Waals surface area contributed by atoms with Crippen molar-refractivity contribution in [3.05, 3.63) is 41.0 Å². The number of hydrogen-bond donors (Lipinski definition) is 1. The van der Waals surface area contributed by atoms with Crippen LogP contribution >= 0.6 is 0 Å². The zero-order valence-corrected chi connectivity index (χ0v) is 13.1. The van der Waals surface area contributed by atoms with Crippen molar-refractivity contribution < 1.29 is 4.74 Å². The Balaban J connectivity index is 2.23. The van der Waals surface area contributed by atoms with Crippen molar-refractivity contribution in [3.63, 3.8) is 0 Å². The Morgan fingerprint density at radius 2 is 1.86 bits per heavy atom. The highest BCUT2D eigenvalue weighted by atomic mass is 16.5. The van der Waals surface area contributed by atoms with Crippen molar-refractivity contribution in [1.82, 2.24) is 20.3 Å². The van der Waals surface area contributed by atoms with E-state index >= 15 is 0 Å². The van der Waals surface area contributed by atoms with E-state index < -0.39 is 0 Å². The third kappa shape index (κ3) is 3.83. The van der Waals surface area contributed by atoms with Gasteiger partial charge in [0.05, 0.1) is 6.61 Å². The highest BCUT2D eigenvalue weighted by molar-refractivity contribution is 5.58. The molecule has 0 unspecified atom stereocenters. The number of aromatic nitrogens is 3. The maximum atomic E-state index is 5.03. The molecule has 0 radical (unpaired) electrons. The Morgan fingerprint density at radius 1 is 1.14 bits per heavy atom. The van der Waals surface area contributed by atoms with Crippen LogP contribution < -0.4 is 5.32 Å². The van der Waals surface area contributed by atoms with E-state index in [0.29, 0.717) is 6.61 Å². The molecule has 0 saturated carbocycles. The van der Waals surface area contributed by atoms with Gasteiger partial charge in [-0.25, -0.2) is 9.97 Å². The van der Waals surface area contributed by atoms with E-state index in [2.05, 4.69) is 20.3 Å². The van der Waals surface area contributed by atoms with Gasteiger partial charge < -0.3 is 10.1 Å². The van der Waals surface area contributed by atoms with Gasteiger partial charge in [0.2, 0.25) is 0 Å². The molecule has 2 aromatic heterocycles. The molecule has 0 aliphatic rings. The summed E-state index contributed by atoms with van der Waals surface area (Å²) in [5.41, 5.74) is 5.28. The highest BCUT2D eigenvalue weighted by Crippen LogP contribution is 2.21. The minimum atomic E-state index is 0.700. The Labute approximate surface area is 125 Å². The summed E-state index contributed by atoms with van der Waals surface area (Å²) in [6.45, 7) is 8.37. The Hall–Kier alpha value is -1.85. The van der Waals surface area contributed by atoms with Gasteiger partial charge in [0.1, 0.15) is 0 Å². The molecule has 0 spiro atoms. The predicted octanol–water partition coefficient (Wildman–Crippen LogP) is 2.20. The third-order valence-corrected chi connectivity index (χ3v) is 3.49. The molecule has 2 aromatic rings. The van der Waals surface area contributed by atoms with Crippen molar-refractivity contribution in [3.8, 4) is 11.4 Å². The van der Waals surface area contributed by atoms with Crippen molar-refractivity contribution >= 4 is 0 Å². The maximum absolute atomic E-state index is 5.03. The van der Waals surface area contributed by atoms with Gasteiger partial charge in [-0.2, -0.15) is 0 Å². The lowest BCUT2D eigenvalue weighted by molar-refractivity contribution is 0.199. The minimum Gasteiger partial charge on any atom is -0.383 e. The summed E-state index contributed by atoms with van der Waals surface area (Å²) in [6.07, 6.45) is 3.60. The van der Waals surface area contributed by atoms with E-state index in [1.165, 1.54) is 0 Å². The van der Waals surface area contributed by atoms with Crippen LogP contribution in [0.3, 0.4) is 0 Å². The van der Waals surface area contributed by atoms with Crippen molar-refractivity contribution in [1.29, 1.82) is 0 Å². The van der Waals surface area contributed by atoms with Crippen LogP contribution in [0.25, 0.3) is 11.4 Å². The number of methoxy groups -OCH3 is 1. The first-order valence-corrected chi connectivity index (χ1v) is 7.08. The van der Waals surface area contributed by atoms with Crippen LogP contribution in [-0.2, 0) is 11.3 Å². The molecule has 5 nitrogen and oxygen atoms in total. The van der Waals surface area contributed by atoms with Gasteiger partial charge >= 0.3 is 0 Å². The van der Waals surface area contributed by atoms with Gasteiger partial charge in [0.15, 0.2) is 5.82 Å². The topological polar surface area (TPSA) is 59.9 Å². The zero-order chi connectivity index (χ0) is 15.2. The first-order valence-electron chi connectivity index (χ1n) is 7.08. The molecule has 0 atom stereocenters. The highest BCUT2D eigenvalue weighted by Gasteiger charge is 2.11. The maximum Gasteiger partial charge on any atom is 0.161 e. The monoisotopic (exact) mass is 286 g/mol. The molecule has 0 saturated heterocycles. The zero-order valence-electron chi connectivity index (χ0n) is 13.1. The van der Waals surface area contributed by atoms with Crippen LogP contribution in [0.1, 0.15) is 22.5 Å². The molecule has 1 N–H and O–H groups in total. The molecule has 112 valence electrons. The largest absolute Gasteiger partial charge is 0.383 e. The molecule has 0 aliphatic heterocycles. The molecule has 21 heavy (non-hydrogen) atoms. The Bertz CT molecular complexity index is 590. The standard InChI is InChI=1S/C16H22N4O/c1-11-5-6-17-9-14(11)16-19-12(2)15(13(3)20-16)10-18-7-8-21-4/h5-6,9,18H,7-8,10H2,1-4H3. The number of nitrogens with zero attached hydrogens (tertiary/aromatic N) is 3. The number of aryl methyl sites for hydroxylation is 3. The molecule has 0 aliphatic carbocycles. The quantitative estimate of drug-likeness (QED) is 0.825. The smallest absolute Gasteiger partial charge is 0.161 e. The van der Waals surface area contributed by atoms with E-state index in [1.807, 2.05) is 33.0 Å². The van der Waals surface area contributed by atoms with Gasteiger partial charge in [-0.05, 0) is 32.4 Å². The molecule has 5 heteroatoms. The molecule has 2 heterocycles. The molecule has 0 amide bonds. The van der Waals surface area contributed by atoms with E-state index in [-0.39, 0.29) is 0 Å². The van der Waals surface area contributed by atoms with Gasteiger partial charge in [-0.1, -0.05) is 0 Å². The minimum absolute atomic E-state index is 0.700.